The Kier molecular flexibility index (Phi) is 6.76. The number of rotatable bonds is 7. The Morgan fingerprint density at radius 1 is 1.19 bits per heavy atom. The lowest BCUT2D eigenvalue weighted by molar-refractivity contribution is -0.125. The first kappa shape index (κ1) is 22.3. The lowest BCUT2D eigenvalue weighted by Gasteiger charge is -2.19. The molecular weight excluding hydrogens is 444 g/mol. The lowest BCUT2D eigenvalue weighted by atomic mass is 9.89. The van der Waals surface area contributed by atoms with Gasteiger partial charge in [0.2, 0.25) is 11.8 Å². The van der Waals surface area contributed by atoms with Crippen LogP contribution in [0.15, 0.2) is 35.7 Å². The first-order valence-electron chi connectivity index (χ1n) is 10.6. The van der Waals surface area contributed by atoms with Gasteiger partial charge in [0.1, 0.15) is 5.01 Å². The van der Waals surface area contributed by atoms with Crippen LogP contribution in [0, 0.1) is 11.8 Å². The number of aromatic nitrogens is 2. The molecule has 1 aromatic carbocycles. The molecule has 166 valence electrons. The minimum atomic E-state index is -0.469. The molecule has 2 aromatic heterocycles. The second-order valence-electron chi connectivity index (χ2n) is 7.83. The van der Waals surface area contributed by atoms with E-state index in [1.807, 2.05) is 49.6 Å². The van der Waals surface area contributed by atoms with Crippen molar-refractivity contribution in [1.29, 1.82) is 0 Å². The third kappa shape index (κ3) is 4.94. The summed E-state index contributed by atoms with van der Waals surface area (Å²) in [6.07, 6.45) is 1.26. The number of fused-ring (bicyclic) bond motifs is 1. The molecule has 0 fully saturated rings. The first-order chi connectivity index (χ1) is 15.4. The summed E-state index contributed by atoms with van der Waals surface area (Å²) in [6.45, 7) is 4.11. The Labute approximate surface area is 194 Å². The van der Waals surface area contributed by atoms with Gasteiger partial charge in [-0.05, 0) is 6.42 Å². The van der Waals surface area contributed by atoms with Crippen molar-refractivity contribution >= 4 is 45.4 Å². The van der Waals surface area contributed by atoms with Crippen LogP contribution >= 0.6 is 22.7 Å². The Morgan fingerprint density at radius 2 is 1.97 bits per heavy atom. The standard InChI is InChI=1S/C23H24N4O3S2/c1-3-13(2)21(29)27-23-26-16-9-15(10-18(28)20(16)32-23)22(30)24-11-19-25-17(12-31-19)14-7-5-4-6-8-14/h4-8,12-13,15H,3,9-11H2,1-2H3,(H,24,30)(H,26,27,29). The molecule has 2 heterocycles. The van der Waals surface area contributed by atoms with Gasteiger partial charge in [-0.3, -0.25) is 14.4 Å². The van der Waals surface area contributed by atoms with Crippen molar-refractivity contribution in [2.24, 2.45) is 11.8 Å². The Balaban J connectivity index is 1.36. The van der Waals surface area contributed by atoms with Crippen LogP contribution in [0.1, 0.15) is 47.1 Å². The molecule has 3 aromatic rings. The molecule has 32 heavy (non-hydrogen) atoms. The minimum Gasteiger partial charge on any atom is -0.349 e. The summed E-state index contributed by atoms with van der Waals surface area (Å²) in [6, 6.07) is 9.87. The van der Waals surface area contributed by atoms with Crippen LogP contribution in [-0.4, -0.2) is 27.6 Å². The highest BCUT2D eigenvalue weighted by Crippen LogP contribution is 2.32. The summed E-state index contributed by atoms with van der Waals surface area (Å²) in [4.78, 5) is 47.0. The number of carbonyl (C=O) groups is 3. The van der Waals surface area contributed by atoms with Crippen LogP contribution in [0.3, 0.4) is 0 Å². The van der Waals surface area contributed by atoms with Gasteiger partial charge in [0, 0.05) is 29.7 Å². The van der Waals surface area contributed by atoms with Crippen LogP contribution < -0.4 is 10.6 Å². The molecule has 2 atom stereocenters. The molecule has 2 N–H and O–H groups in total. The molecule has 0 radical (unpaired) electrons. The second-order valence-corrected chi connectivity index (χ2v) is 9.77. The van der Waals surface area contributed by atoms with E-state index >= 15 is 0 Å². The summed E-state index contributed by atoms with van der Waals surface area (Å²) in [7, 11) is 0. The van der Waals surface area contributed by atoms with Crippen LogP contribution in [0.25, 0.3) is 11.3 Å². The van der Waals surface area contributed by atoms with Crippen molar-refractivity contribution < 1.29 is 14.4 Å². The van der Waals surface area contributed by atoms with Crippen LogP contribution in [0.4, 0.5) is 5.13 Å². The molecule has 7 nitrogen and oxygen atoms in total. The smallest absolute Gasteiger partial charge is 0.228 e. The zero-order valence-electron chi connectivity index (χ0n) is 17.9. The SMILES string of the molecule is CCC(C)C(=O)Nc1nc2c(s1)C(=O)CC(C(=O)NCc1nc(-c3ccccc3)cs1)C2. The summed E-state index contributed by atoms with van der Waals surface area (Å²) in [5.74, 6) is -0.993. The number of anilines is 1. The number of benzene rings is 1. The number of amides is 2. The number of nitrogens with one attached hydrogen (secondary N) is 2. The van der Waals surface area contributed by atoms with Gasteiger partial charge in [0.25, 0.3) is 0 Å². The highest BCUT2D eigenvalue weighted by molar-refractivity contribution is 7.17. The zero-order chi connectivity index (χ0) is 22.7. The first-order valence-corrected chi connectivity index (χ1v) is 12.3. The van der Waals surface area contributed by atoms with E-state index < -0.39 is 5.92 Å². The molecule has 9 heteroatoms. The van der Waals surface area contributed by atoms with Gasteiger partial charge in [-0.1, -0.05) is 55.5 Å². The summed E-state index contributed by atoms with van der Waals surface area (Å²) < 4.78 is 0. The van der Waals surface area contributed by atoms with Crippen LogP contribution in [0.2, 0.25) is 0 Å². The van der Waals surface area contributed by atoms with E-state index in [0.717, 1.165) is 22.7 Å². The monoisotopic (exact) mass is 468 g/mol. The minimum absolute atomic E-state index is 0.103. The van der Waals surface area contributed by atoms with E-state index in [-0.39, 0.29) is 29.9 Å². The number of ketones is 1. The molecule has 0 bridgehead atoms. The normalized spacial score (nSPS) is 16.3. The average molecular weight is 469 g/mol. The maximum Gasteiger partial charge on any atom is 0.228 e. The summed E-state index contributed by atoms with van der Waals surface area (Å²) >= 11 is 2.68. The van der Waals surface area contributed by atoms with Crippen LogP contribution in [-0.2, 0) is 22.6 Å². The van der Waals surface area contributed by atoms with E-state index in [4.69, 9.17) is 0 Å². The molecule has 0 saturated carbocycles. The van der Waals surface area contributed by atoms with Crippen LogP contribution in [0.5, 0.6) is 0 Å². The average Bonchev–Trinajstić information content (AvgIpc) is 3.44. The molecule has 1 aliphatic rings. The second kappa shape index (κ2) is 9.70. The quantitative estimate of drug-likeness (QED) is 0.538. The fourth-order valence-electron chi connectivity index (χ4n) is 3.42. The Morgan fingerprint density at radius 3 is 2.72 bits per heavy atom. The van der Waals surface area contributed by atoms with Crippen molar-refractivity contribution in [1.82, 2.24) is 15.3 Å². The van der Waals surface area contributed by atoms with Crippen molar-refractivity contribution in [3.8, 4) is 11.3 Å². The fourth-order valence-corrected chi connectivity index (χ4v) is 5.11. The van der Waals surface area contributed by atoms with Crippen molar-refractivity contribution in [3.05, 3.63) is 51.3 Å². The van der Waals surface area contributed by atoms with Gasteiger partial charge in [-0.15, -0.1) is 11.3 Å². The summed E-state index contributed by atoms with van der Waals surface area (Å²) in [5, 5.41) is 8.90. The van der Waals surface area contributed by atoms with E-state index in [9.17, 15) is 14.4 Å². The Hall–Kier alpha value is -2.91. The molecule has 0 saturated heterocycles. The van der Waals surface area contributed by atoms with Gasteiger partial charge in [0.05, 0.1) is 28.7 Å². The zero-order valence-corrected chi connectivity index (χ0v) is 19.5. The van der Waals surface area contributed by atoms with Crippen molar-refractivity contribution in [2.75, 3.05) is 5.32 Å². The van der Waals surface area contributed by atoms with E-state index in [1.165, 1.54) is 22.7 Å². The number of Topliss-reactive ketones (excluding diaryl/α,β-unsaturated/α-hetero) is 1. The van der Waals surface area contributed by atoms with Crippen molar-refractivity contribution in [3.63, 3.8) is 0 Å². The fraction of sp³-hybridized carbons (Fsp3) is 0.348. The maximum absolute atomic E-state index is 12.7. The number of carbonyl (C=O) groups excluding carboxylic acids is 3. The number of thiazole rings is 2. The molecule has 4 rings (SSSR count). The number of nitrogens with zero attached hydrogens (tertiary/aromatic N) is 2. The van der Waals surface area contributed by atoms with Gasteiger partial charge < -0.3 is 10.6 Å². The largest absolute Gasteiger partial charge is 0.349 e. The third-order valence-corrected chi connectivity index (χ3v) is 7.42. The van der Waals surface area contributed by atoms with Gasteiger partial charge >= 0.3 is 0 Å². The molecular formula is C23H24N4O3S2. The highest BCUT2D eigenvalue weighted by atomic mass is 32.1. The predicted molar refractivity (Wildman–Crippen MR) is 126 cm³/mol. The number of hydrogen-bond acceptors (Lipinski definition) is 7. The lowest BCUT2D eigenvalue weighted by Crippen LogP contribution is -2.35. The van der Waals surface area contributed by atoms with Gasteiger partial charge in [-0.2, -0.15) is 0 Å². The maximum atomic E-state index is 12.7. The molecule has 0 spiro atoms. The van der Waals surface area contributed by atoms with Gasteiger partial charge in [-0.25, -0.2) is 9.97 Å². The van der Waals surface area contributed by atoms with E-state index in [0.29, 0.717) is 28.7 Å². The van der Waals surface area contributed by atoms with E-state index in [1.54, 1.807) is 0 Å². The third-order valence-electron chi connectivity index (χ3n) is 5.52. The topological polar surface area (TPSA) is 101 Å². The molecule has 1 aliphatic carbocycles. The summed E-state index contributed by atoms with van der Waals surface area (Å²) in [5.41, 5.74) is 2.50. The van der Waals surface area contributed by atoms with Crippen molar-refractivity contribution in [2.45, 2.75) is 39.7 Å². The van der Waals surface area contributed by atoms with E-state index in [2.05, 4.69) is 20.6 Å². The van der Waals surface area contributed by atoms with Gasteiger partial charge in [0.15, 0.2) is 10.9 Å². The highest BCUT2D eigenvalue weighted by Gasteiger charge is 2.33. The predicted octanol–water partition coefficient (Wildman–Crippen LogP) is 4.31. The molecule has 2 unspecified atom stereocenters. The molecule has 2 amide bonds. The molecule has 0 aliphatic heterocycles. The Bertz CT molecular complexity index is 1140. The number of hydrogen-bond donors (Lipinski definition) is 2.